The molecule has 3 heteroatoms. The van der Waals surface area contributed by atoms with Gasteiger partial charge in [-0.25, -0.2) is 0 Å². The molecule has 3 nitrogen and oxygen atoms in total. The SMILES string of the molecule is CCc1ccc(-c2ccc(C(=O)[OH2+])o2)cc1. The third-order valence-electron chi connectivity index (χ3n) is 2.48. The summed E-state index contributed by atoms with van der Waals surface area (Å²) in [5, 5.41) is 6.93. The molecule has 82 valence electrons. The molecule has 0 unspecified atom stereocenters. The highest BCUT2D eigenvalue weighted by atomic mass is 16.4. The van der Waals surface area contributed by atoms with Crippen molar-refractivity contribution in [3.05, 3.63) is 47.7 Å². The average Bonchev–Trinajstić information content (AvgIpc) is 2.78. The highest BCUT2D eigenvalue weighted by molar-refractivity contribution is 5.85. The lowest BCUT2D eigenvalue weighted by Gasteiger charge is -1.98. The van der Waals surface area contributed by atoms with Crippen molar-refractivity contribution in [2.24, 2.45) is 0 Å². The minimum atomic E-state index is -0.795. The molecule has 0 radical (unpaired) electrons. The van der Waals surface area contributed by atoms with E-state index >= 15 is 0 Å². The molecule has 0 amide bonds. The molecule has 2 aromatic rings. The molecule has 0 bridgehead atoms. The van der Waals surface area contributed by atoms with Crippen LogP contribution in [0.3, 0.4) is 0 Å². The predicted octanol–water partition coefficient (Wildman–Crippen LogP) is 2.37. The predicted molar refractivity (Wildman–Crippen MR) is 61.5 cm³/mol. The van der Waals surface area contributed by atoms with Gasteiger partial charge >= 0.3 is 5.97 Å². The van der Waals surface area contributed by atoms with Gasteiger partial charge in [0.25, 0.3) is 5.76 Å². The normalized spacial score (nSPS) is 10.3. The summed E-state index contributed by atoms with van der Waals surface area (Å²) in [4.78, 5) is 10.8. The van der Waals surface area contributed by atoms with Crippen LogP contribution in [0.25, 0.3) is 11.3 Å². The van der Waals surface area contributed by atoms with Crippen molar-refractivity contribution in [1.29, 1.82) is 0 Å². The second kappa shape index (κ2) is 4.23. The van der Waals surface area contributed by atoms with Crippen LogP contribution in [0.1, 0.15) is 23.0 Å². The first-order valence-corrected chi connectivity index (χ1v) is 5.16. The number of rotatable bonds is 3. The van der Waals surface area contributed by atoms with Crippen LogP contribution in [-0.2, 0) is 6.42 Å². The van der Waals surface area contributed by atoms with Crippen LogP contribution in [-0.4, -0.2) is 11.1 Å². The van der Waals surface area contributed by atoms with E-state index in [1.54, 1.807) is 6.07 Å². The van der Waals surface area contributed by atoms with E-state index in [0.29, 0.717) is 5.76 Å². The second-order valence-corrected chi connectivity index (χ2v) is 3.54. The zero-order valence-electron chi connectivity index (χ0n) is 8.99. The summed E-state index contributed by atoms with van der Waals surface area (Å²) in [7, 11) is 0. The zero-order chi connectivity index (χ0) is 11.5. The molecule has 1 heterocycles. The van der Waals surface area contributed by atoms with Crippen molar-refractivity contribution >= 4 is 5.97 Å². The van der Waals surface area contributed by atoms with Crippen LogP contribution < -0.4 is 0 Å². The highest BCUT2D eigenvalue weighted by Gasteiger charge is 2.16. The highest BCUT2D eigenvalue weighted by Crippen LogP contribution is 2.22. The molecule has 1 aromatic carbocycles. The van der Waals surface area contributed by atoms with Gasteiger partial charge in [-0.1, -0.05) is 31.2 Å². The maximum atomic E-state index is 10.8. The van der Waals surface area contributed by atoms with Crippen LogP contribution in [0.2, 0.25) is 0 Å². The van der Waals surface area contributed by atoms with Crippen LogP contribution in [0, 0.1) is 0 Å². The summed E-state index contributed by atoms with van der Waals surface area (Å²) in [5.41, 5.74) is 2.18. The van der Waals surface area contributed by atoms with Gasteiger partial charge in [-0.3, -0.25) is 0 Å². The van der Waals surface area contributed by atoms with E-state index in [-0.39, 0.29) is 5.76 Å². The molecule has 0 saturated carbocycles. The molecule has 0 spiro atoms. The maximum Gasteiger partial charge on any atom is 0.584 e. The van der Waals surface area contributed by atoms with E-state index in [0.717, 1.165) is 12.0 Å². The van der Waals surface area contributed by atoms with Gasteiger partial charge in [-0.05, 0) is 24.1 Å². The first kappa shape index (κ1) is 10.5. The summed E-state index contributed by atoms with van der Waals surface area (Å²) in [5.74, 6) is -0.0933. The van der Waals surface area contributed by atoms with E-state index in [2.05, 4.69) is 6.92 Å². The lowest BCUT2D eigenvalue weighted by atomic mass is 10.1. The third-order valence-corrected chi connectivity index (χ3v) is 2.48. The van der Waals surface area contributed by atoms with Crippen molar-refractivity contribution in [3.63, 3.8) is 0 Å². The molecule has 1 aromatic heterocycles. The molecule has 0 saturated heterocycles. The van der Waals surface area contributed by atoms with Crippen molar-refractivity contribution in [1.82, 2.24) is 0 Å². The fourth-order valence-electron chi connectivity index (χ4n) is 1.52. The van der Waals surface area contributed by atoms with E-state index in [1.165, 1.54) is 11.6 Å². The molecular formula is C13H13O3+. The minimum Gasteiger partial charge on any atom is -0.559 e. The number of hydrogen-bond donors (Lipinski definition) is 0. The Kier molecular flexibility index (Phi) is 2.77. The monoisotopic (exact) mass is 217 g/mol. The third kappa shape index (κ3) is 1.98. The molecule has 2 N–H and O–H groups in total. The largest absolute Gasteiger partial charge is 0.584 e. The fraction of sp³-hybridized carbons (Fsp3) is 0.154. The van der Waals surface area contributed by atoms with Crippen molar-refractivity contribution < 1.29 is 14.3 Å². The Balaban J connectivity index is 2.31. The van der Waals surface area contributed by atoms with Crippen LogP contribution in [0.4, 0.5) is 0 Å². The maximum absolute atomic E-state index is 10.8. The standard InChI is InChI=1S/C13H12O3/c1-2-9-3-5-10(6-4-9)11-7-8-12(16-11)13(14)15/h3-8H,2H2,1H3,(H,14,15)/p+1. The van der Waals surface area contributed by atoms with Gasteiger partial charge in [0.05, 0.1) is 4.79 Å². The van der Waals surface area contributed by atoms with E-state index in [1.807, 2.05) is 24.3 Å². The van der Waals surface area contributed by atoms with E-state index < -0.39 is 5.97 Å². The topological polar surface area (TPSA) is 53.1 Å². The first-order chi connectivity index (χ1) is 7.70. The Morgan fingerprint density at radius 1 is 1.19 bits per heavy atom. The van der Waals surface area contributed by atoms with Crippen molar-refractivity contribution in [3.8, 4) is 11.3 Å². The number of furan rings is 1. The Labute approximate surface area is 93.3 Å². The van der Waals surface area contributed by atoms with Crippen molar-refractivity contribution in [2.75, 3.05) is 0 Å². The lowest BCUT2D eigenvalue weighted by molar-refractivity contribution is 0.0663. The summed E-state index contributed by atoms with van der Waals surface area (Å²) >= 11 is 0. The van der Waals surface area contributed by atoms with Crippen LogP contribution in [0.5, 0.6) is 0 Å². The fourth-order valence-corrected chi connectivity index (χ4v) is 1.52. The van der Waals surface area contributed by atoms with Crippen LogP contribution in [0.15, 0.2) is 40.8 Å². The van der Waals surface area contributed by atoms with Gasteiger partial charge in [0, 0.05) is 5.56 Å². The van der Waals surface area contributed by atoms with Crippen molar-refractivity contribution in [2.45, 2.75) is 13.3 Å². The van der Waals surface area contributed by atoms with Crippen LogP contribution >= 0.6 is 0 Å². The quantitative estimate of drug-likeness (QED) is 0.741. The van der Waals surface area contributed by atoms with E-state index in [9.17, 15) is 4.79 Å². The molecule has 0 aliphatic heterocycles. The Morgan fingerprint density at radius 3 is 2.38 bits per heavy atom. The number of hydrogen-bond acceptors (Lipinski definition) is 2. The first-order valence-electron chi connectivity index (χ1n) is 5.16. The molecule has 16 heavy (non-hydrogen) atoms. The molecule has 2 rings (SSSR count). The number of benzene rings is 1. The molecule has 0 fully saturated rings. The van der Waals surface area contributed by atoms with Gasteiger partial charge < -0.3 is 9.52 Å². The number of carbonyl (C=O) groups excluding carboxylic acids is 1. The Bertz CT molecular complexity index is 494. The molecule has 0 atom stereocenters. The lowest BCUT2D eigenvalue weighted by Crippen LogP contribution is -1.91. The van der Waals surface area contributed by atoms with Gasteiger partial charge in [0.15, 0.2) is 0 Å². The zero-order valence-corrected chi connectivity index (χ0v) is 8.99. The Morgan fingerprint density at radius 2 is 1.88 bits per heavy atom. The molecule has 0 aliphatic rings. The summed E-state index contributed by atoms with van der Waals surface area (Å²) in [6.07, 6.45) is 0.995. The average molecular weight is 217 g/mol. The summed E-state index contributed by atoms with van der Waals surface area (Å²) in [6.45, 7) is 2.10. The van der Waals surface area contributed by atoms with E-state index in [4.69, 9.17) is 9.52 Å². The summed E-state index contributed by atoms with van der Waals surface area (Å²) in [6, 6.07) is 11.2. The number of carbonyl (C=O) groups is 1. The summed E-state index contributed by atoms with van der Waals surface area (Å²) < 4.78 is 5.27. The number of aryl methyl sites for hydroxylation is 1. The molecular weight excluding hydrogens is 204 g/mol. The second-order valence-electron chi connectivity index (χ2n) is 3.54. The van der Waals surface area contributed by atoms with Gasteiger partial charge in [-0.2, -0.15) is 0 Å². The smallest absolute Gasteiger partial charge is 0.559 e. The van der Waals surface area contributed by atoms with Gasteiger partial charge in [-0.15, -0.1) is 0 Å². The molecule has 0 aliphatic carbocycles. The van der Waals surface area contributed by atoms with Gasteiger partial charge in [0.1, 0.15) is 5.76 Å². The van der Waals surface area contributed by atoms with Gasteiger partial charge in [0.2, 0.25) is 0 Å². The Hall–Kier alpha value is -2.03. The minimum absolute atomic E-state index is 0.0783.